The maximum absolute atomic E-state index is 12.9. The molecule has 1 N–H and O–H groups in total. The Morgan fingerprint density at radius 1 is 1.08 bits per heavy atom. The quantitative estimate of drug-likeness (QED) is 0.786. The van der Waals surface area contributed by atoms with Crippen LogP contribution in [0, 0.1) is 5.82 Å². The first-order valence-corrected chi connectivity index (χ1v) is 8.38. The molecule has 0 aliphatic carbocycles. The van der Waals surface area contributed by atoms with Crippen LogP contribution in [-0.2, 0) is 17.9 Å². The van der Waals surface area contributed by atoms with Gasteiger partial charge in [0.25, 0.3) is 0 Å². The van der Waals surface area contributed by atoms with Crippen molar-refractivity contribution >= 4 is 5.91 Å². The number of hydrogen-bond acceptors (Lipinski definition) is 4. The molecule has 1 unspecified atom stereocenters. The molecule has 0 fully saturated rings. The zero-order valence-electron chi connectivity index (χ0n) is 15.6. The molecule has 5 nitrogen and oxygen atoms in total. The Bertz CT molecular complexity index is 734. The highest BCUT2D eigenvalue weighted by molar-refractivity contribution is 5.81. The molecule has 6 heteroatoms. The summed E-state index contributed by atoms with van der Waals surface area (Å²) in [6.07, 6.45) is 0. The predicted molar refractivity (Wildman–Crippen MR) is 98.7 cm³/mol. The van der Waals surface area contributed by atoms with Crippen LogP contribution in [0.4, 0.5) is 4.39 Å². The lowest BCUT2D eigenvalue weighted by Gasteiger charge is -2.24. The van der Waals surface area contributed by atoms with E-state index in [-0.39, 0.29) is 17.8 Å². The molecule has 0 aliphatic heterocycles. The molecule has 0 spiro atoms. The number of carbonyl (C=O) groups is 1. The number of nitrogens with zero attached hydrogens (tertiary/aromatic N) is 1. The average molecular weight is 360 g/mol. The van der Waals surface area contributed by atoms with E-state index in [1.54, 1.807) is 26.4 Å². The van der Waals surface area contributed by atoms with E-state index in [2.05, 4.69) is 5.32 Å². The summed E-state index contributed by atoms with van der Waals surface area (Å²) in [5.74, 6) is 0.955. The molecule has 2 aromatic carbocycles. The summed E-state index contributed by atoms with van der Waals surface area (Å²) in [4.78, 5) is 14.3. The van der Waals surface area contributed by atoms with Gasteiger partial charge >= 0.3 is 0 Å². The molecule has 26 heavy (non-hydrogen) atoms. The van der Waals surface area contributed by atoms with Crippen molar-refractivity contribution in [2.45, 2.75) is 26.1 Å². The number of amides is 1. The number of rotatable bonds is 8. The highest BCUT2D eigenvalue weighted by Gasteiger charge is 2.18. The summed E-state index contributed by atoms with van der Waals surface area (Å²) in [5.41, 5.74) is 1.87. The van der Waals surface area contributed by atoms with Gasteiger partial charge in [-0.2, -0.15) is 0 Å². The third kappa shape index (κ3) is 5.20. The van der Waals surface area contributed by atoms with Gasteiger partial charge in [0.15, 0.2) is 11.5 Å². The molecular weight excluding hydrogens is 335 g/mol. The molecule has 0 aliphatic rings. The first kappa shape index (κ1) is 19.7. The Kier molecular flexibility index (Phi) is 6.97. The average Bonchev–Trinajstić information content (AvgIpc) is 2.66. The van der Waals surface area contributed by atoms with E-state index in [9.17, 15) is 9.18 Å². The predicted octanol–water partition coefficient (Wildman–Crippen LogP) is 2.98. The van der Waals surface area contributed by atoms with Crippen LogP contribution in [0.3, 0.4) is 0 Å². The molecular formula is C20H25FN2O3. The first-order valence-electron chi connectivity index (χ1n) is 8.38. The van der Waals surface area contributed by atoms with Crippen LogP contribution in [0.2, 0.25) is 0 Å². The summed E-state index contributed by atoms with van der Waals surface area (Å²) in [6.45, 7) is 2.81. The minimum absolute atomic E-state index is 0.0858. The van der Waals surface area contributed by atoms with Gasteiger partial charge in [0.2, 0.25) is 5.91 Å². The van der Waals surface area contributed by atoms with Crippen molar-refractivity contribution in [3.63, 3.8) is 0 Å². The Morgan fingerprint density at radius 3 is 2.31 bits per heavy atom. The van der Waals surface area contributed by atoms with Crippen molar-refractivity contribution in [3.8, 4) is 11.5 Å². The zero-order chi connectivity index (χ0) is 19.1. The second kappa shape index (κ2) is 9.20. The fraction of sp³-hybridized carbons (Fsp3) is 0.350. The van der Waals surface area contributed by atoms with E-state index in [0.717, 1.165) is 11.1 Å². The third-order valence-corrected chi connectivity index (χ3v) is 4.30. The minimum Gasteiger partial charge on any atom is -0.493 e. The standard InChI is InChI=1S/C20H25FN2O3/c1-14(20(24)22-12-15-5-8-17(21)9-6-15)23(2)13-16-7-10-18(25-3)19(11-16)26-4/h5-11,14H,12-13H2,1-4H3,(H,22,24). The van der Waals surface area contributed by atoms with Gasteiger partial charge in [-0.15, -0.1) is 0 Å². The third-order valence-electron chi connectivity index (χ3n) is 4.30. The number of benzene rings is 2. The lowest BCUT2D eigenvalue weighted by Crippen LogP contribution is -2.42. The van der Waals surface area contributed by atoms with Gasteiger partial charge in [-0.25, -0.2) is 4.39 Å². The Balaban J connectivity index is 1.92. The van der Waals surface area contributed by atoms with Crippen molar-refractivity contribution in [3.05, 3.63) is 59.4 Å². The van der Waals surface area contributed by atoms with Crippen LogP contribution in [0.1, 0.15) is 18.1 Å². The second-order valence-electron chi connectivity index (χ2n) is 6.12. The topological polar surface area (TPSA) is 50.8 Å². The van der Waals surface area contributed by atoms with Crippen LogP contribution in [0.15, 0.2) is 42.5 Å². The van der Waals surface area contributed by atoms with Crippen molar-refractivity contribution in [1.82, 2.24) is 10.2 Å². The molecule has 2 aromatic rings. The molecule has 1 amide bonds. The van der Waals surface area contributed by atoms with E-state index in [1.807, 2.05) is 37.1 Å². The van der Waals surface area contributed by atoms with Gasteiger partial charge in [-0.3, -0.25) is 9.69 Å². The van der Waals surface area contributed by atoms with E-state index < -0.39 is 0 Å². The monoisotopic (exact) mass is 360 g/mol. The number of carbonyl (C=O) groups excluding carboxylic acids is 1. The van der Waals surface area contributed by atoms with Crippen LogP contribution >= 0.6 is 0 Å². The number of likely N-dealkylation sites (N-methyl/N-ethyl adjacent to an activating group) is 1. The van der Waals surface area contributed by atoms with E-state index in [4.69, 9.17) is 9.47 Å². The van der Waals surface area contributed by atoms with Gasteiger partial charge < -0.3 is 14.8 Å². The molecule has 1 atom stereocenters. The van der Waals surface area contributed by atoms with Crippen molar-refractivity contribution in [2.75, 3.05) is 21.3 Å². The molecule has 2 rings (SSSR count). The van der Waals surface area contributed by atoms with Gasteiger partial charge in [-0.1, -0.05) is 18.2 Å². The highest BCUT2D eigenvalue weighted by atomic mass is 19.1. The van der Waals surface area contributed by atoms with Gasteiger partial charge in [0.1, 0.15) is 5.82 Å². The first-order chi connectivity index (χ1) is 12.4. The van der Waals surface area contributed by atoms with Gasteiger partial charge in [0.05, 0.1) is 20.3 Å². The Morgan fingerprint density at radius 2 is 1.69 bits per heavy atom. The normalized spacial score (nSPS) is 11.9. The zero-order valence-corrected chi connectivity index (χ0v) is 15.6. The fourth-order valence-corrected chi connectivity index (χ4v) is 2.54. The van der Waals surface area contributed by atoms with Crippen molar-refractivity contribution < 1.29 is 18.7 Å². The molecule has 0 aromatic heterocycles. The van der Waals surface area contributed by atoms with Gasteiger partial charge in [-0.05, 0) is 49.4 Å². The lowest BCUT2D eigenvalue weighted by molar-refractivity contribution is -0.125. The molecule has 0 saturated carbocycles. The Labute approximate surface area is 153 Å². The van der Waals surface area contributed by atoms with Crippen LogP contribution in [0.5, 0.6) is 11.5 Å². The van der Waals surface area contributed by atoms with Crippen molar-refractivity contribution in [2.24, 2.45) is 0 Å². The van der Waals surface area contributed by atoms with E-state index in [0.29, 0.717) is 24.6 Å². The molecule has 140 valence electrons. The number of ether oxygens (including phenoxy) is 2. The molecule has 0 radical (unpaired) electrons. The highest BCUT2D eigenvalue weighted by Crippen LogP contribution is 2.28. The maximum atomic E-state index is 12.9. The van der Waals surface area contributed by atoms with Gasteiger partial charge in [0, 0.05) is 13.1 Å². The lowest BCUT2D eigenvalue weighted by atomic mass is 10.1. The summed E-state index contributed by atoms with van der Waals surface area (Å²) in [6, 6.07) is 11.5. The summed E-state index contributed by atoms with van der Waals surface area (Å²) in [7, 11) is 5.08. The van der Waals surface area contributed by atoms with E-state index >= 15 is 0 Å². The number of hydrogen-bond donors (Lipinski definition) is 1. The largest absolute Gasteiger partial charge is 0.493 e. The van der Waals surface area contributed by atoms with E-state index in [1.165, 1.54) is 12.1 Å². The SMILES string of the molecule is COc1ccc(CN(C)C(C)C(=O)NCc2ccc(F)cc2)cc1OC. The minimum atomic E-state index is -0.316. The van der Waals surface area contributed by atoms with Crippen molar-refractivity contribution in [1.29, 1.82) is 0 Å². The maximum Gasteiger partial charge on any atom is 0.237 e. The summed E-state index contributed by atoms with van der Waals surface area (Å²) >= 11 is 0. The smallest absolute Gasteiger partial charge is 0.237 e. The second-order valence-corrected chi connectivity index (χ2v) is 6.12. The number of nitrogens with one attached hydrogen (secondary N) is 1. The number of halogens is 1. The van der Waals surface area contributed by atoms with Crippen LogP contribution in [0.25, 0.3) is 0 Å². The fourth-order valence-electron chi connectivity index (χ4n) is 2.54. The summed E-state index contributed by atoms with van der Waals surface area (Å²) in [5, 5.41) is 2.88. The number of methoxy groups -OCH3 is 2. The molecule has 0 bridgehead atoms. The Hall–Kier alpha value is -2.60. The van der Waals surface area contributed by atoms with Crippen LogP contribution in [-0.4, -0.2) is 38.1 Å². The summed E-state index contributed by atoms with van der Waals surface area (Å²) < 4.78 is 23.5. The van der Waals surface area contributed by atoms with Crippen LogP contribution < -0.4 is 14.8 Å². The molecule has 0 saturated heterocycles. The molecule has 0 heterocycles.